The molecule has 116 valence electrons. The Balaban J connectivity index is 1.94. The van der Waals surface area contributed by atoms with Crippen molar-refractivity contribution in [2.45, 2.75) is 45.3 Å². The van der Waals surface area contributed by atoms with Gasteiger partial charge in [0.1, 0.15) is 5.60 Å². The molecule has 1 unspecified atom stereocenters. The van der Waals surface area contributed by atoms with Crippen LogP contribution in [0.15, 0.2) is 12.4 Å². The monoisotopic (exact) mass is 295 g/mol. The number of aliphatic carboxylic acids is 1. The average molecular weight is 295 g/mol. The molecule has 1 saturated heterocycles. The number of nitrogens with zero attached hydrogens (tertiary/aromatic N) is 3. The molecular weight excluding hydrogens is 274 g/mol. The first-order valence-electron chi connectivity index (χ1n) is 6.97. The highest BCUT2D eigenvalue weighted by atomic mass is 16.6. The molecule has 0 radical (unpaired) electrons. The number of rotatable bonds is 3. The van der Waals surface area contributed by atoms with Crippen molar-refractivity contribution in [2.75, 3.05) is 13.1 Å². The molecule has 1 fully saturated rings. The third kappa shape index (κ3) is 4.21. The summed E-state index contributed by atoms with van der Waals surface area (Å²) in [5, 5.41) is 13.0. The van der Waals surface area contributed by atoms with E-state index in [9.17, 15) is 9.59 Å². The Hall–Kier alpha value is -2.05. The fourth-order valence-electron chi connectivity index (χ4n) is 2.29. The zero-order chi connectivity index (χ0) is 15.6. The standard InChI is InChI=1S/C14H21N3O4/c1-14(2,3)21-13(20)16-5-4-11(9-16)17-8-10(7-15-17)6-12(18)19/h7-8,11H,4-6,9H2,1-3H3,(H,18,19). The molecule has 0 spiro atoms. The molecule has 0 aromatic carbocycles. The molecule has 7 nitrogen and oxygen atoms in total. The third-order valence-electron chi connectivity index (χ3n) is 3.20. The lowest BCUT2D eigenvalue weighted by Gasteiger charge is -2.24. The Labute approximate surface area is 123 Å². The maximum atomic E-state index is 12.0. The van der Waals surface area contributed by atoms with Gasteiger partial charge in [0.2, 0.25) is 0 Å². The second kappa shape index (κ2) is 5.75. The predicted octanol–water partition coefficient (Wildman–Crippen LogP) is 1.69. The molecule has 1 aliphatic rings. The maximum absolute atomic E-state index is 12.0. The van der Waals surface area contributed by atoms with Crippen LogP contribution in [0.25, 0.3) is 0 Å². The van der Waals surface area contributed by atoms with Gasteiger partial charge in [-0.05, 0) is 27.2 Å². The number of likely N-dealkylation sites (tertiary alicyclic amines) is 1. The number of carboxylic acids is 1. The summed E-state index contributed by atoms with van der Waals surface area (Å²) in [5.41, 5.74) is 0.161. The van der Waals surface area contributed by atoms with Crippen LogP contribution in [0, 0.1) is 0 Å². The highest BCUT2D eigenvalue weighted by Crippen LogP contribution is 2.23. The first-order chi connectivity index (χ1) is 9.74. The van der Waals surface area contributed by atoms with Crippen molar-refractivity contribution in [3.8, 4) is 0 Å². The minimum Gasteiger partial charge on any atom is -0.481 e. The number of aromatic nitrogens is 2. The molecule has 1 amide bonds. The van der Waals surface area contributed by atoms with Gasteiger partial charge in [0.15, 0.2) is 0 Å². The van der Waals surface area contributed by atoms with Crippen molar-refractivity contribution in [3.63, 3.8) is 0 Å². The molecule has 1 aromatic rings. The van der Waals surface area contributed by atoms with Crippen molar-refractivity contribution in [2.24, 2.45) is 0 Å². The summed E-state index contributed by atoms with van der Waals surface area (Å²) < 4.78 is 7.08. The Morgan fingerprint density at radius 3 is 2.81 bits per heavy atom. The van der Waals surface area contributed by atoms with E-state index in [4.69, 9.17) is 9.84 Å². The topological polar surface area (TPSA) is 84.7 Å². The van der Waals surface area contributed by atoms with Crippen molar-refractivity contribution in [1.82, 2.24) is 14.7 Å². The van der Waals surface area contributed by atoms with E-state index in [2.05, 4.69) is 5.10 Å². The van der Waals surface area contributed by atoms with Gasteiger partial charge in [0.25, 0.3) is 0 Å². The van der Waals surface area contributed by atoms with Crippen molar-refractivity contribution in [3.05, 3.63) is 18.0 Å². The number of amides is 1. The zero-order valence-electron chi connectivity index (χ0n) is 12.6. The van der Waals surface area contributed by atoms with Crippen LogP contribution in [-0.2, 0) is 16.0 Å². The molecule has 7 heteroatoms. The van der Waals surface area contributed by atoms with Crippen LogP contribution in [0.3, 0.4) is 0 Å². The molecule has 0 saturated carbocycles. The lowest BCUT2D eigenvalue weighted by atomic mass is 10.2. The van der Waals surface area contributed by atoms with E-state index in [0.29, 0.717) is 18.7 Å². The van der Waals surface area contributed by atoms with Gasteiger partial charge in [-0.15, -0.1) is 0 Å². The first kappa shape index (κ1) is 15.3. The van der Waals surface area contributed by atoms with Gasteiger partial charge in [-0.3, -0.25) is 9.48 Å². The molecule has 1 aliphatic heterocycles. The maximum Gasteiger partial charge on any atom is 0.410 e. The number of hydrogen-bond donors (Lipinski definition) is 1. The summed E-state index contributed by atoms with van der Waals surface area (Å²) in [6.45, 7) is 6.66. The van der Waals surface area contributed by atoms with E-state index in [-0.39, 0.29) is 18.6 Å². The molecule has 21 heavy (non-hydrogen) atoms. The molecular formula is C14H21N3O4. The normalized spacial score (nSPS) is 18.8. The van der Waals surface area contributed by atoms with Gasteiger partial charge in [0.05, 0.1) is 18.7 Å². The fraction of sp³-hybridized carbons (Fsp3) is 0.643. The molecule has 0 bridgehead atoms. The van der Waals surface area contributed by atoms with Crippen molar-refractivity contribution in [1.29, 1.82) is 0 Å². The Bertz CT molecular complexity index is 533. The summed E-state index contributed by atoms with van der Waals surface area (Å²) in [6, 6.07) is 0.0695. The largest absolute Gasteiger partial charge is 0.481 e. The van der Waals surface area contributed by atoms with Crippen LogP contribution in [0.2, 0.25) is 0 Å². The third-order valence-corrected chi connectivity index (χ3v) is 3.20. The summed E-state index contributed by atoms with van der Waals surface area (Å²) >= 11 is 0. The summed E-state index contributed by atoms with van der Waals surface area (Å²) in [7, 11) is 0. The van der Waals surface area contributed by atoms with Gasteiger partial charge < -0.3 is 14.7 Å². The van der Waals surface area contributed by atoms with E-state index < -0.39 is 11.6 Å². The highest BCUT2D eigenvalue weighted by molar-refractivity contribution is 5.70. The minimum atomic E-state index is -0.878. The molecule has 1 aromatic heterocycles. The summed E-state index contributed by atoms with van der Waals surface area (Å²) in [6.07, 6.45) is 3.72. The smallest absolute Gasteiger partial charge is 0.410 e. The quantitative estimate of drug-likeness (QED) is 0.917. The van der Waals surface area contributed by atoms with Crippen LogP contribution >= 0.6 is 0 Å². The van der Waals surface area contributed by atoms with E-state index in [1.807, 2.05) is 20.8 Å². The lowest BCUT2D eigenvalue weighted by molar-refractivity contribution is -0.136. The zero-order valence-corrected chi connectivity index (χ0v) is 12.6. The van der Waals surface area contributed by atoms with Crippen LogP contribution < -0.4 is 0 Å². The Morgan fingerprint density at radius 2 is 2.19 bits per heavy atom. The first-order valence-corrected chi connectivity index (χ1v) is 6.97. The second-order valence-electron chi connectivity index (χ2n) is 6.27. The van der Waals surface area contributed by atoms with Crippen LogP contribution in [-0.4, -0.2) is 50.5 Å². The predicted molar refractivity (Wildman–Crippen MR) is 75.0 cm³/mol. The van der Waals surface area contributed by atoms with Crippen molar-refractivity contribution >= 4 is 12.1 Å². The van der Waals surface area contributed by atoms with E-state index in [0.717, 1.165) is 6.42 Å². The summed E-state index contributed by atoms with van der Waals surface area (Å²) in [4.78, 5) is 24.3. The van der Waals surface area contributed by atoms with E-state index in [1.54, 1.807) is 22.0 Å². The number of carbonyl (C=O) groups is 2. The van der Waals surface area contributed by atoms with Gasteiger partial charge in [0, 0.05) is 24.8 Å². The number of ether oxygens (including phenoxy) is 1. The Kier molecular flexibility index (Phi) is 4.20. The van der Waals surface area contributed by atoms with Gasteiger partial charge >= 0.3 is 12.1 Å². The lowest BCUT2D eigenvalue weighted by Crippen LogP contribution is -2.35. The average Bonchev–Trinajstić information content (AvgIpc) is 2.93. The number of hydrogen-bond acceptors (Lipinski definition) is 4. The van der Waals surface area contributed by atoms with Crippen LogP contribution in [0.1, 0.15) is 38.8 Å². The molecule has 2 rings (SSSR count). The fourth-order valence-corrected chi connectivity index (χ4v) is 2.29. The minimum absolute atomic E-state index is 0.0392. The van der Waals surface area contributed by atoms with Crippen LogP contribution in [0.4, 0.5) is 4.79 Å². The van der Waals surface area contributed by atoms with Gasteiger partial charge in [-0.25, -0.2) is 4.79 Å². The van der Waals surface area contributed by atoms with Gasteiger partial charge in [-0.2, -0.15) is 5.10 Å². The Morgan fingerprint density at radius 1 is 1.48 bits per heavy atom. The highest BCUT2D eigenvalue weighted by Gasteiger charge is 2.31. The molecule has 2 heterocycles. The molecule has 1 atom stereocenters. The number of carboxylic acid groups (broad SMARTS) is 1. The molecule has 0 aliphatic carbocycles. The second-order valence-corrected chi connectivity index (χ2v) is 6.27. The van der Waals surface area contributed by atoms with Gasteiger partial charge in [-0.1, -0.05) is 0 Å². The van der Waals surface area contributed by atoms with Crippen molar-refractivity contribution < 1.29 is 19.4 Å². The summed E-state index contributed by atoms with van der Waals surface area (Å²) in [5.74, 6) is -0.878. The van der Waals surface area contributed by atoms with Crippen LogP contribution in [0.5, 0.6) is 0 Å². The SMILES string of the molecule is CC(C)(C)OC(=O)N1CCC(n2cc(CC(=O)O)cn2)C1. The van der Waals surface area contributed by atoms with E-state index >= 15 is 0 Å². The molecule has 1 N–H and O–H groups in total. The number of carbonyl (C=O) groups excluding carboxylic acids is 1. The van der Waals surface area contributed by atoms with E-state index in [1.165, 1.54) is 0 Å².